The number of anilines is 3. The maximum Gasteiger partial charge on any atom is 0.573 e. The van der Waals surface area contributed by atoms with E-state index in [0.29, 0.717) is 23.0 Å². The lowest BCUT2D eigenvalue weighted by molar-refractivity contribution is -0.274. The Bertz CT molecular complexity index is 990. The smallest absolute Gasteiger partial charge is 0.406 e. The predicted molar refractivity (Wildman–Crippen MR) is 112 cm³/mol. The molecule has 158 valence electrons. The van der Waals surface area contributed by atoms with Crippen LogP contribution < -0.4 is 15.4 Å². The van der Waals surface area contributed by atoms with E-state index < -0.39 is 6.36 Å². The molecular formula is C22H23F3N4O. The second-order valence-electron chi connectivity index (χ2n) is 6.98. The van der Waals surface area contributed by atoms with E-state index in [1.807, 2.05) is 45.0 Å². The van der Waals surface area contributed by atoms with Gasteiger partial charge in [0.2, 0.25) is 5.95 Å². The van der Waals surface area contributed by atoms with E-state index in [-0.39, 0.29) is 11.8 Å². The lowest BCUT2D eigenvalue weighted by atomic mass is 10.1. The highest BCUT2D eigenvalue weighted by atomic mass is 19.4. The number of nitrogens with one attached hydrogen (secondary N) is 2. The Morgan fingerprint density at radius 2 is 1.77 bits per heavy atom. The summed E-state index contributed by atoms with van der Waals surface area (Å²) in [6, 6.07) is 15.3. The molecule has 0 saturated heterocycles. The van der Waals surface area contributed by atoms with Crippen molar-refractivity contribution in [3.63, 3.8) is 0 Å². The minimum Gasteiger partial charge on any atom is -0.406 e. The van der Waals surface area contributed by atoms with Gasteiger partial charge < -0.3 is 15.4 Å². The predicted octanol–water partition coefficient (Wildman–Crippen LogP) is 6.30. The molecule has 3 rings (SSSR count). The van der Waals surface area contributed by atoms with Crippen molar-refractivity contribution in [3.05, 3.63) is 60.2 Å². The standard InChI is InChI=1S/C22H23F3N4O/c1-4-15(3)26-21-28-19(16-6-5-7-18(12-16)30-22(23,24)25)13-20(29-21)27-17-10-8-14(2)9-11-17/h5-13,15H,4H2,1-3H3,(H2,26,27,28,29)/t15-/m1/s1. The minimum atomic E-state index is -4.76. The van der Waals surface area contributed by atoms with Crippen molar-refractivity contribution in [3.8, 4) is 17.0 Å². The van der Waals surface area contributed by atoms with E-state index in [4.69, 9.17) is 0 Å². The molecule has 0 aliphatic heterocycles. The van der Waals surface area contributed by atoms with Crippen molar-refractivity contribution in [2.45, 2.75) is 39.6 Å². The number of hydrogen-bond acceptors (Lipinski definition) is 5. The molecule has 8 heteroatoms. The summed E-state index contributed by atoms with van der Waals surface area (Å²) in [6.07, 6.45) is -3.89. The zero-order valence-electron chi connectivity index (χ0n) is 16.9. The second-order valence-corrected chi connectivity index (χ2v) is 6.98. The molecule has 1 heterocycles. The van der Waals surface area contributed by atoms with Crippen molar-refractivity contribution < 1.29 is 17.9 Å². The number of benzene rings is 2. The van der Waals surface area contributed by atoms with Gasteiger partial charge in [-0.1, -0.05) is 36.8 Å². The monoisotopic (exact) mass is 416 g/mol. The third kappa shape index (κ3) is 6.10. The summed E-state index contributed by atoms with van der Waals surface area (Å²) < 4.78 is 41.8. The van der Waals surface area contributed by atoms with E-state index >= 15 is 0 Å². The van der Waals surface area contributed by atoms with Crippen LogP contribution in [0.25, 0.3) is 11.3 Å². The minimum absolute atomic E-state index is 0.132. The number of aryl methyl sites for hydroxylation is 1. The molecule has 0 spiro atoms. The van der Waals surface area contributed by atoms with Crippen LogP contribution in [0.15, 0.2) is 54.6 Å². The first-order chi connectivity index (χ1) is 14.2. The molecule has 0 aliphatic rings. The first kappa shape index (κ1) is 21.4. The van der Waals surface area contributed by atoms with Crippen molar-refractivity contribution in [2.24, 2.45) is 0 Å². The van der Waals surface area contributed by atoms with Crippen LogP contribution >= 0.6 is 0 Å². The van der Waals surface area contributed by atoms with Gasteiger partial charge >= 0.3 is 6.36 Å². The fourth-order valence-electron chi connectivity index (χ4n) is 2.68. The highest BCUT2D eigenvalue weighted by Gasteiger charge is 2.31. The maximum absolute atomic E-state index is 12.6. The van der Waals surface area contributed by atoms with Gasteiger partial charge in [0.25, 0.3) is 0 Å². The zero-order valence-corrected chi connectivity index (χ0v) is 16.9. The van der Waals surface area contributed by atoms with E-state index in [9.17, 15) is 13.2 Å². The lowest BCUT2D eigenvalue weighted by Crippen LogP contribution is -2.17. The van der Waals surface area contributed by atoms with Crippen molar-refractivity contribution >= 4 is 17.5 Å². The van der Waals surface area contributed by atoms with E-state index in [2.05, 4.69) is 25.3 Å². The van der Waals surface area contributed by atoms with E-state index in [0.717, 1.165) is 17.7 Å². The average molecular weight is 416 g/mol. The van der Waals surface area contributed by atoms with Gasteiger partial charge in [-0.05, 0) is 44.5 Å². The van der Waals surface area contributed by atoms with Crippen LogP contribution in [0, 0.1) is 6.92 Å². The van der Waals surface area contributed by atoms with Crippen LogP contribution in [-0.2, 0) is 0 Å². The lowest BCUT2D eigenvalue weighted by Gasteiger charge is -2.15. The molecule has 1 aromatic heterocycles. The molecule has 0 unspecified atom stereocenters. The van der Waals surface area contributed by atoms with Gasteiger partial charge in [0.05, 0.1) is 5.69 Å². The number of nitrogens with zero attached hydrogens (tertiary/aromatic N) is 2. The van der Waals surface area contributed by atoms with Gasteiger partial charge in [0.15, 0.2) is 0 Å². The van der Waals surface area contributed by atoms with Gasteiger partial charge in [-0.2, -0.15) is 4.98 Å². The SMILES string of the molecule is CC[C@@H](C)Nc1nc(Nc2ccc(C)cc2)cc(-c2cccc(OC(F)(F)F)c2)n1. The van der Waals surface area contributed by atoms with Crippen molar-refractivity contribution in [1.29, 1.82) is 0 Å². The Labute approximate surface area is 173 Å². The van der Waals surface area contributed by atoms with Gasteiger partial charge in [-0.3, -0.25) is 0 Å². The summed E-state index contributed by atoms with van der Waals surface area (Å²) in [4.78, 5) is 8.99. The number of alkyl halides is 3. The van der Waals surface area contributed by atoms with Crippen LogP contribution in [-0.4, -0.2) is 22.4 Å². The normalized spacial score (nSPS) is 12.3. The third-order valence-corrected chi connectivity index (χ3v) is 4.40. The summed E-state index contributed by atoms with van der Waals surface area (Å²) >= 11 is 0. The molecule has 2 aromatic carbocycles. The van der Waals surface area contributed by atoms with E-state index in [1.165, 1.54) is 18.2 Å². The molecule has 0 aliphatic carbocycles. The summed E-state index contributed by atoms with van der Waals surface area (Å²) in [6.45, 7) is 6.03. The molecule has 0 saturated carbocycles. The Morgan fingerprint density at radius 3 is 2.43 bits per heavy atom. The molecule has 0 amide bonds. The first-order valence-electron chi connectivity index (χ1n) is 9.57. The summed E-state index contributed by atoms with van der Waals surface area (Å²) in [5.74, 6) is 0.610. The van der Waals surface area contributed by atoms with Gasteiger partial charge in [-0.25, -0.2) is 4.98 Å². The summed E-state index contributed by atoms with van der Waals surface area (Å²) in [5, 5.41) is 6.44. The number of hydrogen-bond donors (Lipinski definition) is 2. The largest absolute Gasteiger partial charge is 0.573 e. The Balaban J connectivity index is 1.97. The van der Waals surface area contributed by atoms with E-state index in [1.54, 1.807) is 12.1 Å². The first-order valence-corrected chi connectivity index (χ1v) is 9.57. The Kier molecular flexibility index (Phi) is 6.44. The maximum atomic E-state index is 12.6. The Morgan fingerprint density at radius 1 is 1.03 bits per heavy atom. The topological polar surface area (TPSA) is 59.1 Å². The fourth-order valence-corrected chi connectivity index (χ4v) is 2.68. The van der Waals surface area contributed by atoms with Crippen molar-refractivity contribution in [2.75, 3.05) is 10.6 Å². The second kappa shape index (κ2) is 9.02. The third-order valence-electron chi connectivity index (χ3n) is 4.40. The summed E-state index contributed by atoms with van der Waals surface area (Å²) in [7, 11) is 0. The molecule has 5 nitrogen and oxygen atoms in total. The number of rotatable bonds is 7. The van der Waals surface area contributed by atoms with Crippen LogP contribution in [0.5, 0.6) is 5.75 Å². The molecule has 3 aromatic rings. The number of halogens is 3. The molecule has 30 heavy (non-hydrogen) atoms. The highest BCUT2D eigenvalue weighted by molar-refractivity contribution is 5.68. The molecule has 0 radical (unpaired) electrons. The fraction of sp³-hybridized carbons (Fsp3) is 0.273. The molecule has 2 N–H and O–H groups in total. The van der Waals surface area contributed by atoms with Gasteiger partial charge in [0, 0.05) is 23.4 Å². The molecular weight excluding hydrogens is 393 g/mol. The Hall–Kier alpha value is -3.29. The van der Waals surface area contributed by atoms with Crippen LogP contribution in [0.4, 0.5) is 30.6 Å². The molecule has 1 atom stereocenters. The quantitative estimate of drug-likeness (QED) is 0.473. The van der Waals surface area contributed by atoms with Crippen LogP contribution in [0.3, 0.4) is 0 Å². The molecule has 0 bridgehead atoms. The van der Waals surface area contributed by atoms with Crippen molar-refractivity contribution in [1.82, 2.24) is 9.97 Å². The highest BCUT2D eigenvalue weighted by Crippen LogP contribution is 2.29. The van der Waals surface area contributed by atoms with Crippen LogP contribution in [0.2, 0.25) is 0 Å². The zero-order chi connectivity index (χ0) is 21.7. The number of aromatic nitrogens is 2. The average Bonchev–Trinajstić information content (AvgIpc) is 2.68. The number of ether oxygens (including phenoxy) is 1. The summed E-state index contributed by atoms with van der Waals surface area (Å²) in [5.41, 5.74) is 2.93. The van der Waals surface area contributed by atoms with Gasteiger partial charge in [-0.15, -0.1) is 13.2 Å². The van der Waals surface area contributed by atoms with Gasteiger partial charge in [0.1, 0.15) is 11.6 Å². The molecule has 0 fully saturated rings. The van der Waals surface area contributed by atoms with Crippen LogP contribution in [0.1, 0.15) is 25.8 Å².